The molecule has 0 radical (unpaired) electrons. The van der Waals surface area contributed by atoms with E-state index < -0.39 is 6.10 Å². The Kier molecular flexibility index (Phi) is 5.21. The average molecular weight is 293 g/mol. The number of rotatable bonds is 6. The molecule has 2 N–H and O–H groups in total. The van der Waals surface area contributed by atoms with Crippen LogP contribution in [0.4, 0.5) is 5.82 Å². The molecular formula is C15H17ClN2O2. The summed E-state index contributed by atoms with van der Waals surface area (Å²) in [5.74, 6) is 1.43. The summed E-state index contributed by atoms with van der Waals surface area (Å²) in [6.07, 6.45) is 1.11. The van der Waals surface area contributed by atoms with Crippen LogP contribution in [-0.2, 0) is 0 Å². The number of hydrogen-bond acceptors (Lipinski definition) is 4. The number of benzene rings is 1. The maximum atomic E-state index is 9.85. The minimum absolute atomic E-state index is 0.209. The first-order chi connectivity index (χ1) is 9.63. The molecule has 0 saturated carbocycles. The molecule has 2 aromatic rings. The van der Waals surface area contributed by atoms with Gasteiger partial charge in [-0.15, -0.1) is 0 Å². The number of nitrogens with one attached hydrogen (secondary N) is 1. The van der Waals surface area contributed by atoms with Crippen LogP contribution in [-0.4, -0.2) is 29.3 Å². The molecule has 5 heteroatoms. The van der Waals surface area contributed by atoms with Gasteiger partial charge in [-0.25, -0.2) is 4.98 Å². The van der Waals surface area contributed by atoms with Crippen molar-refractivity contribution in [1.82, 2.24) is 4.98 Å². The Morgan fingerprint density at radius 2 is 2.05 bits per heavy atom. The first-order valence-electron chi connectivity index (χ1n) is 6.36. The van der Waals surface area contributed by atoms with Crippen LogP contribution in [0, 0.1) is 6.92 Å². The number of aliphatic hydroxyl groups excluding tert-OH is 1. The number of nitrogens with zero attached hydrogens (tertiary/aromatic N) is 1. The molecule has 0 spiro atoms. The normalized spacial score (nSPS) is 11.9. The van der Waals surface area contributed by atoms with Crippen molar-refractivity contribution in [1.29, 1.82) is 0 Å². The lowest BCUT2D eigenvalue weighted by molar-refractivity contribution is 0.117. The third-order valence-corrected chi connectivity index (χ3v) is 2.94. The second kappa shape index (κ2) is 7.12. The third kappa shape index (κ3) is 4.72. The molecule has 2 rings (SSSR count). The Morgan fingerprint density at radius 1 is 1.30 bits per heavy atom. The van der Waals surface area contributed by atoms with Crippen LogP contribution in [0.15, 0.2) is 42.6 Å². The van der Waals surface area contributed by atoms with Gasteiger partial charge in [-0.05, 0) is 48.9 Å². The van der Waals surface area contributed by atoms with E-state index in [2.05, 4.69) is 10.3 Å². The fourth-order valence-electron chi connectivity index (χ4n) is 1.64. The summed E-state index contributed by atoms with van der Waals surface area (Å²) in [4.78, 5) is 4.16. The predicted molar refractivity (Wildman–Crippen MR) is 80.4 cm³/mol. The van der Waals surface area contributed by atoms with Gasteiger partial charge >= 0.3 is 0 Å². The average Bonchev–Trinajstić information content (AvgIpc) is 2.45. The summed E-state index contributed by atoms with van der Waals surface area (Å²) in [6.45, 7) is 2.58. The van der Waals surface area contributed by atoms with Crippen molar-refractivity contribution < 1.29 is 9.84 Å². The van der Waals surface area contributed by atoms with Gasteiger partial charge in [-0.3, -0.25) is 0 Å². The van der Waals surface area contributed by atoms with E-state index >= 15 is 0 Å². The van der Waals surface area contributed by atoms with Gasteiger partial charge in [0.2, 0.25) is 0 Å². The topological polar surface area (TPSA) is 54.4 Å². The third-order valence-electron chi connectivity index (χ3n) is 2.69. The molecule has 20 heavy (non-hydrogen) atoms. The first kappa shape index (κ1) is 14.6. The number of hydrogen-bond donors (Lipinski definition) is 2. The Labute approximate surface area is 123 Å². The van der Waals surface area contributed by atoms with Crippen LogP contribution in [0.5, 0.6) is 5.75 Å². The molecular weight excluding hydrogens is 276 g/mol. The van der Waals surface area contributed by atoms with E-state index in [4.69, 9.17) is 16.3 Å². The Morgan fingerprint density at radius 3 is 2.75 bits per heavy atom. The van der Waals surface area contributed by atoms with Crippen LogP contribution in [0.1, 0.15) is 5.56 Å². The minimum atomic E-state index is -0.618. The molecule has 0 saturated heterocycles. The van der Waals surface area contributed by atoms with Crippen LogP contribution in [0.25, 0.3) is 0 Å². The van der Waals surface area contributed by atoms with Crippen molar-refractivity contribution in [2.45, 2.75) is 13.0 Å². The number of halogens is 1. The highest BCUT2D eigenvalue weighted by atomic mass is 35.5. The standard InChI is InChI=1S/C15H17ClN2O2/c1-11-6-7-17-15(8-11)18-9-13(19)10-20-14-4-2-12(16)3-5-14/h2-8,13,19H,9-10H2,1H3,(H,17,18)/t13-/m0/s1. The fourth-order valence-corrected chi connectivity index (χ4v) is 1.76. The molecule has 106 valence electrons. The molecule has 4 nitrogen and oxygen atoms in total. The van der Waals surface area contributed by atoms with Crippen molar-refractivity contribution in [3.63, 3.8) is 0 Å². The summed E-state index contributed by atoms with van der Waals surface area (Å²) in [5.41, 5.74) is 1.12. The summed E-state index contributed by atoms with van der Waals surface area (Å²) >= 11 is 5.78. The van der Waals surface area contributed by atoms with Crippen LogP contribution in [0.3, 0.4) is 0 Å². The monoisotopic (exact) mass is 292 g/mol. The zero-order valence-corrected chi connectivity index (χ0v) is 12.0. The van der Waals surface area contributed by atoms with Crippen molar-refractivity contribution >= 4 is 17.4 Å². The molecule has 1 aromatic heterocycles. The van der Waals surface area contributed by atoms with E-state index in [-0.39, 0.29) is 6.61 Å². The van der Waals surface area contributed by atoms with Gasteiger partial charge in [0.15, 0.2) is 0 Å². The molecule has 0 amide bonds. The quantitative estimate of drug-likeness (QED) is 0.859. The van der Waals surface area contributed by atoms with Gasteiger partial charge in [0.25, 0.3) is 0 Å². The van der Waals surface area contributed by atoms with Gasteiger partial charge in [-0.1, -0.05) is 11.6 Å². The van der Waals surface area contributed by atoms with Gasteiger partial charge in [0.1, 0.15) is 24.3 Å². The molecule has 0 aliphatic heterocycles. The molecule has 0 aliphatic rings. The molecule has 1 atom stereocenters. The van der Waals surface area contributed by atoms with Crippen LogP contribution < -0.4 is 10.1 Å². The van der Waals surface area contributed by atoms with E-state index in [1.165, 1.54) is 0 Å². The number of anilines is 1. The number of aryl methyl sites for hydroxylation is 1. The van der Waals surface area contributed by atoms with Gasteiger partial charge < -0.3 is 15.2 Å². The Hall–Kier alpha value is -1.78. The number of ether oxygens (including phenoxy) is 1. The van der Waals surface area contributed by atoms with Crippen molar-refractivity contribution in [2.75, 3.05) is 18.5 Å². The highest BCUT2D eigenvalue weighted by molar-refractivity contribution is 6.30. The lowest BCUT2D eigenvalue weighted by Gasteiger charge is -2.13. The van der Waals surface area contributed by atoms with Gasteiger partial charge in [-0.2, -0.15) is 0 Å². The number of aliphatic hydroxyl groups is 1. The van der Waals surface area contributed by atoms with Gasteiger partial charge in [0, 0.05) is 17.8 Å². The van der Waals surface area contributed by atoms with Crippen molar-refractivity contribution in [3.05, 3.63) is 53.2 Å². The Bertz CT molecular complexity index is 546. The van der Waals surface area contributed by atoms with E-state index in [1.54, 1.807) is 30.5 Å². The minimum Gasteiger partial charge on any atom is -0.491 e. The highest BCUT2D eigenvalue weighted by Crippen LogP contribution is 2.15. The Balaban J connectivity index is 1.75. The van der Waals surface area contributed by atoms with Crippen molar-refractivity contribution in [2.24, 2.45) is 0 Å². The zero-order valence-electron chi connectivity index (χ0n) is 11.2. The molecule has 1 aromatic carbocycles. The van der Waals surface area contributed by atoms with Crippen LogP contribution in [0.2, 0.25) is 5.02 Å². The fraction of sp³-hybridized carbons (Fsp3) is 0.267. The van der Waals surface area contributed by atoms with Gasteiger partial charge in [0.05, 0.1) is 0 Å². The second-order valence-corrected chi connectivity index (χ2v) is 4.95. The molecule has 0 bridgehead atoms. The zero-order chi connectivity index (χ0) is 14.4. The molecule has 1 heterocycles. The second-order valence-electron chi connectivity index (χ2n) is 4.52. The predicted octanol–water partition coefficient (Wildman–Crippen LogP) is 2.90. The smallest absolute Gasteiger partial charge is 0.126 e. The lowest BCUT2D eigenvalue weighted by atomic mass is 10.3. The largest absolute Gasteiger partial charge is 0.491 e. The SMILES string of the molecule is Cc1ccnc(NC[C@H](O)COc2ccc(Cl)cc2)c1. The lowest BCUT2D eigenvalue weighted by Crippen LogP contribution is -2.26. The van der Waals surface area contributed by atoms with E-state index in [9.17, 15) is 5.11 Å². The van der Waals surface area contributed by atoms with E-state index in [0.717, 1.165) is 11.4 Å². The number of aromatic nitrogens is 1. The molecule has 0 fully saturated rings. The van der Waals surface area contributed by atoms with Crippen LogP contribution >= 0.6 is 11.6 Å². The molecule has 0 unspecified atom stereocenters. The first-order valence-corrected chi connectivity index (χ1v) is 6.74. The summed E-state index contributed by atoms with van der Waals surface area (Å²) in [6, 6.07) is 10.9. The summed E-state index contributed by atoms with van der Waals surface area (Å²) in [5, 5.41) is 13.6. The van der Waals surface area contributed by atoms with E-state index in [1.807, 2.05) is 19.1 Å². The summed E-state index contributed by atoms with van der Waals surface area (Å²) in [7, 11) is 0. The maximum absolute atomic E-state index is 9.85. The summed E-state index contributed by atoms with van der Waals surface area (Å²) < 4.78 is 5.47. The van der Waals surface area contributed by atoms with Crippen molar-refractivity contribution in [3.8, 4) is 5.75 Å². The maximum Gasteiger partial charge on any atom is 0.126 e. The number of pyridine rings is 1. The highest BCUT2D eigenvalue weighted by Gasteiger charge is 2.06. The van der Waals surface area contributed by atoms with E-state index in [0.29, 0.717) is 17.3 Å². The molecule has 0 aliphatic carbocycles.